The molecule has 1 unspecified atom stereocenters. The van der Waals surface area contributed by atoms with E-state index in [4.69, 9.17) is 9.84 Å². The smallest absolute Gasteiger partial charge is 0.345 e. The largest absolute Gasteiger partial charge is 0.477 e. The molecule has 1 N–H and O–H groups in total. The molecular weight excluding hydrogens is 494 g/mol. The first-order valence-corrected chi connectivity index (χ1v) is 13.7. The Bertz CT molecular complexity index is 1530. The maximum absolute atomic E-state index is 13.0. The second kappa shape index (κ2) is 10.5. The van der Waals surface area contributed by atoms with E-state index in [1.165, 1.54) is 38.8 Å². The number of esters is 1. The van der Waals surface area contributed by atoms with Crippen molar-refractivity contribution in [3.63, 3.8) is 0 Å². The van der Waals surface area contributed by atoms with Crippen LogP contribution in [0.3, 0.4) is 0 Å². The average molecular weight is 526 g/mol. The second-order valence-corrected chi connectivity index (χ2v) is 11.7. The van der Waals surface area contributed by atoms with E-state index in [0.717, 1.165) is 35.3 Å². The van der Waals surface area contributed by atoms with Crippen LogP contribution < -0.4 is 0 Å². The van der Waals surface area contributed by atoms with Crippen LogP contribution in [0, 0.1) is 0 Å². The van der Waals surface area contributed by atoms with Gasteiger partial charge in [-0.15, -0.1) is 11.3 Å². The van der Waals surface area contributed by atoms with Crippen LogP contribution in [0.25, 0.3) is 22.4 Å². The second-order valence-electron chi connectivity index (χ2n) is 10.7. The Kier molecular flexibility index (Phi) is 7.17. The molecule has 0 amide bonds. The molecule has 2 aromatic carbocycles. The first-order valence-electron chi connectivity index (χ1n) is 12.9. The number of benzene rings is 2. The third-order valence-electron chi connectivity index (χ3n) is 6.78. The summed E-state index contributed by atoms with van der Waals surface area (Å²) in [6.45, 7) is 6.38. The molecule has 194 valence electrons. The number of allylic oxidation sites excluding steroid dienone is 5. The quantitative estimate of drug-likeness (QED) is 0.346. The van der Waals surface area contributed by atoms with Gasteiger partial charge in [0.1, 0.15) is 10.5 Å². The lowest BCUT2D eigenvalue weighted by atomic mass is 9.74. The van der Waals surface area contributed by atoms with Gasteiger partial charge in [-0.2, -0.15) is 0 Å². The molecule has 2 aliphatic carbocycles. The van der Waals surface area contributed by atoms with E-state index in [1.807, 2.05) is 39.0 Å². The van der Waals surface area contributed by atoms with Gasteiger partial charge in [-0.1, -0.05) is 54.1 Å². The minimum absolute atomic E-state index is 0.105. The highest BCUT2D eigenvalue weighted by molar-refractivity contribution is 7.15. The van der Waals surface area contributed by atoms with Gasteiger partial charge >= 0.3 is 11.9 Å². The Labute approximate surface area is 226 Å². The summed E-state index contributed by atoms with van der Waals surface area (Å²) >= 11 is 1.29. The van der Waals surface area contributed by atoms with Crippen molar-refractivity contribution in [2.24, 2.45) is 4.99 Å². The van der Waals surface area contributed by atoms with Crippen molar-refractivity contribution in [2.75, 3.05) is 0 Å². The summed E-state index contributed by atoms with van der Waals surface area (Å²) in [5.41, 5.74) is 5.56. The highest BCUT2D eigenvalue weighted by atomic mass is 32.1. The van der Waals surface area contributed by atoms with Crippen LogP contribution in [-0.4, -0.2) is 28.9 Å². The maximum Gasteiger partial charge on any atom is 0.345 e. The average Bonchev–Trinajstić information content (AvgIpc) is 3.18. The van der Waals surface area contributed by atoms with Crippen LogP contribution >= 0.6 is 11.3 Å². The lowest BCUT2D eigenvalue weighted by molar-refractivity contribution is -0.156. The zero-order chi connectivity index (χ0) is 26.9. The SMILES string of the molecule is CC(C)(C)OC(=O)C1CC2=C(C=CCC2)c2ccc3ccccc3c21.O=C(O)c1cc2c(s1)C=CC=NC2. The number of ether oxygens (including phenoxy) is 1. The first-order chi connectivity index (χ1) is 18.2. The Hall–Kier alpha value is -3.77. The Morgan fingerprint density at radius 2 is 1.92 bits per heavy atom. The minimum Gasteiger partial charge on any atom is -0.477 e. The van der Waals surface area contributed by atoms with E-state index in [2.05, 4.69) is 47.5 Å². The summed E-state index contributed by atoms with van der Waals surface area (Å²) in [6.07, 6.45) is 12.8. The zero-order valence-corrected chi connectivity index (χ0v) is 22.7. The van der Waals surface area contributed by atoms with Crippen molar-refractivity contribution in [1.29, 1.82) is 0 Å². The number of nitrogens with zero attached hydrogens (tertiary/aromatic N) is 1. The molecule has 0 saturated heterocycles. The summed E-state index contributed by atoms with van der Waals surface area (Å²) < 4.78 is 5.78. The molecule has 0 fully saturated rings. The summed E-state index contributed by atoms with van der Waals surface area (Å²) in [7, 11) is 0. The third kappa shape index (κ3) is 5.41. The van der Waals surface area contributed by atoms with Gasteiger partial charge in [0.05, 0.1) is 12.5 Å². The van der Waals surface area contributed by atoms with E-state index >= 15 is 0 Å². The molecular formula is C32H31NO4S. The number of aromatic carboxylic acids is 1. The van der Waals surface area contributed by atoms with Crippen molar-refractivity contribution in [3.8, 4) is 0 Å². The van der Waals surface area contributed by atoms with Gasteiger partial charge in [0.25, 0.3) is 0 Å². The topological polar surface area (TPSA) is 76.0 Å². The molecule has 6 rings (SSSR count). The van der Waals surface area contributed by atoms with E-state index in [0.29, 0.717) is 11.4 Å². The number of carboxylic acids is 1. The van der Waals surface area contributed by atoms with E-state index < -0.39 is 11.6 Å². The molecule has 1 aliphatic heterocycles. The predicted octanol–water partition coefficient (Wildman–Crippen LogP) is 7.82. The van der Waals surface area contributed by atoms with Crippen LogP contribution in [0.5, 0.6) is 0 Å². The molecule has 1 atom stereocenters. The van der Waals surface area contributed by atoms with Gasteiger partial charge in [-0.05, 0) is 91.3 Å². The molecule has 6 heteroatoms. The minimum atomic E-state index is -0.865. The van der Waals surface area contributed by atoms with E-state index in [9.17, 15) is 9.59 Å². The molecule has 5 nitrogen and oxygen atoms in total. The van der Waals surface area contributed by atoms with Gasteiger partial charge < -0.3 is 9.84 Å². The van der Waals surface area contributed by atoms with Crippen LogP contribution in [0.15, 0.2) is 71.3 Å². The molecule has 0 saturated carbocycles. The Morgan fingerprint density at radius 1 is 1.11 bits per heavy atom. The molecule has 3 aromatic rings. The fraction of sp³-hybridized carbons (Fsp3) is 0.281. The number of carboxylic acid groups (broad SMARTS) is 1. The highest BCUT2D eigenvalue weighted by Crippen LogP contribution is 2.46. The highest BCUT2D eigenvalue weighted by Gasteiger charge is 2.35. The molecule has 0 bridgehead atoms. The number of thiophene rings is 1. The summed E-state index contributed by atoms with van der Waals surface area (Å²) in [6, 6.07) is 14.4. The lowest BCUT2D eigenvalue weighted by Crippen LogP contribution is -2.30. The van der Waals surface area contributed by atoms with E-state index in [-0.39, 0.29) is 11.9 Å². The molecule has 0 spiro atoms. The summed E-state index contributed by atoms with van der Waals surface area (Å²) in [4.78, 5) is 29.1. The number of hydrogen-bond donors (Lipinski definition) is 1. The van der Waals surface area contributed by atoms with Crippen LogP contribution in [0.1, 0.15) is 77.2 Å². The van der Waals surface area contributed by atoms with Crippen molar-refractivity contribution in [3.05, 3.63) is 92.7 Å². The maximum atomic E-state index is 13.0. The van der Waals surface area contributed by atoms with Gasteiger partial charge in [0.2, 0.25) is 0 Å². The van der Waals surface area contributed by atoms with E-state index in [1.54, 1.807) is 12.3 Å². The predicted molar refractivity (Wildman–Crippen MR) is 155 cm³/mol. The van der Waals surface area contributed by atoms with Gasteiger partial charge in [-0.25, -0.2) is 4.79 Å². The molecule has 0 radical (unpaired) electrons. The number of carbonyl (C=O) groups is 2. The van der Waals surface area contributed by atoms with Crippen LogP contribution in [0.4, 0.5) is 0 Å². The molecule has 3 aliphatic rings. The fourth-order valence-corrected chi connectivity index (χ4v) is 6.11. The van der Waals surface area contributed by atoms with Crippen LogP contribution in [0.2, 0.25) is 0 Å². The molecule has 38 heavy (non-hydrogen) atoms. The number of carbonyl (C=O) groups excluding carboxylic acids is 1. The van der Waals surface area contributed by atoms with Gasteiger partial charge in [0, 0.05) is 11.1 Å². The van der Waals surface area contributed by atoms with Crippen molar-refractivity contribution in [2.45, 2.75) is 58.1 Å². The van der Waals surface area contributed by atoms with Gasteiger partial charge in [-0.3, -0.25) is 9.79 Å². The normalized spacial score (nSPS) is 17.6. The Balaban J connectivity index is 0.000000190. The van der Waals surface area contributed by atoms with Crippen molar-refractivity contribution < 1.29 is 19.4 Å². The Morgan fingerprint density at radius 3 is 2.71 bits per heavy atom. The molecule has 1 aromatic heterocycles. The summed E-state index contributed by atoms with van der Waals surface area (Å²) in [5, 5.41) is 11.1. The fourth-order valence-electron chi connectivity index (χ4n) is 5.19. The van der Waals surface area contributed by atoms with Crippen molar-refractivity contribution in [1.82, 2.24) is 0 Å². The summed E-state index contributed by atoms with van der Waals surface area (Å²) in [5.74, 6) is -1.19. The third-order valence-corrected chi connectivity index (χ3v) is 7.91. The standard InChI is InChI=1S/C23H24O2.C9H7NO2S/c1-23(2,3)25-22(24)20-14-16-9-5-6-10-17(16)19-13-12-15-8-4-7-11-18(15)21(19)20;11-9(12)8-4-6-5-10-3-1-2-7(6)13-8/h4,6-8,10-13,20H,5,9,14H2,1-3H3;1-4H,5H2,(H,11,12). The number of rotatable bonds is 2. The molecule has 2 heterocycles. The van der Waals surface area contributed by atoms with Crippen molar-refractivity contribution >= 4 is 51.9 Å². The monoisotopic (exact) mass is 525 g/mol. The lowest BCUT2D eigenvalue weighted by Gasteiger charge is -2.32. The number of hydrogen-bond acceptors (Lipinski definition) is 5. The van der Waals surface area contributed by atoms with Crippen LogP contribution in [-0.2, 0) is 16.1 Å². The number of fused-ring (bicyclic) bond motifs is 5. The number of aliphatic imine (C=N–C) groups is 1. The van der Waals surface area contributed by atoms with Gasteiger partial charge in [0.15, 0.2) is 0 Å². The first kappa shape index (κ1) is 25.9. The zero-order valence-electron chi connectivity index (χ0n) is 21.9.